The van der Waals surface area contributed by atoms with Crippen molar-refractivity contribution in [3.05, 3.63) is 12.2 Å². The number of rotatable bonds is 0. The first kappa shape index (κ1) is 17.4. The van der Waals surface area contributed by atoms with Gasteiger partial charge < -0.3 is 9.47 Å². The van der Waals surface area contributed by atoms with E-state index in [1.165, 1.54) is 31.3 Å². The standard InChI is InChI=1S/C23H34O3/c1-13-6-7-15-18-16(9-11-22(13,15)4)23(5)10-8-14(24)12-17(23)19-20(18)26-21(2,3)25-19/h15-20H,1,6-12H2,2-5H3/t15-,16-,17+,18-,19+,20+,22+,23+/m0/s1. The molecule has 0 bridgehead atoms. The lowest BCUT2D eigenvalue weighted by atomic mass is 9.44. The lowest BCUT2D eigenvalue weighted by Crippen LogP contribution is -2.62. The largest absolute Gasteiger partial charge is 0.344 e. The van der Waals surface area contributed by atoms with Gasteiger partial charge in [0, 0.05) is 18.8 Å². The Morgan fingerprint density at radius 1 is 0.923 bits per heavy atom. The molecule has 5 aliphatic rings. The summed E-state index contributed by atoms with van der Waals surface area (Å²) in [6, 6.07) is 0. The number of ketones is 1. The van der Waals surface area contributed by atoms with E-state index in [2.05, 4.69) is 34.3 Å². The van der Waals surface area contributed by atoms with E-state index in [9.17, 15) is 4.79 Å². The second kappa shape index (κ2) is 5.23. The van der Waals surface area contributed by atoms with Gasteiger partial charge in [-0.05, 0) is 74.5 Å². The molecule has 0 amide bonds. The smallest absolute Gasteiger partial charge is 0.163 e. The zero-order valence-electron chi connectivity index (χ0n) is 16.8. The number of fused-ring (bicyclic) bond motifs is 8. The lowest BCUT2D eigenvalue weighted by Gasteiger charge is -2.62. The quantitative estimate of drug-likeness (QED) is 0.578. The Morgan fingerprint density at radius 3 is 2.42 bits per heavy atom. The molecule has 144 valence electrons. The molecule has 0 aromatic carbocycles. The summed E-state index contributed by atoms with van der Waals surface area (Å²) in [5, 5.41) is 0. The van der Waals surface area contributed by atoms with Crippen LogP contribution in [0.4, 0.5) is 0 Å². The highest BCUT2D eigenvalue weighted by Crippen LogP contribution is 2.68. The molecular formula is C23H34O3. The molecule has 5 rings (SSSR count). The van der Waals surface area contributed by atoms with Crippen LogP contribution in [0.5, 0.6) is 0 Å². The molecule has 1 aliphatic heterocycles. The van der Waals surface area contributed by atoms with Crippen molar-refractivity contribution in [1.29, 1.82) is 0 Å². The number of hydrogen-bond donors (Lipinski definition) is 0. The van der Waals surface area contributed by atoms with Gasteiger partial charge in [0.2, 0.25) is 0 Å². The van der Waals surface area contributed by atoms with Gasteiger partial charge in [0.25, 0.3) is 0 Å². The van der Waals surface area contributed by atoms with E-state index in [4.69, 9.17) is 9.47 Å². The second-order valence-corrected chi connectivity index (χ2v) is 10.8. The summed E-state index contributed by atoms with van der Waals surface area (Å²) in [6.45, 7) is 13.5. The molecule has 0 unspecified atom stereocenters. The molecule has 4 saturated carbocycles. The minimum Gasteiger partial charge on any atom is -0.344 e. The van der Waals surface area contributed by atoms with Gasteiger partial charge in [-0.15, -0.1) is 0 Å². The Bertz CT molecular complexity index is 666. The molecule has 5 fully saturated rings. The zero-order chi connectivity index (χ0) is 18.5. The highest BCUT2D eigenvalue weighted by molar-refractivity contribution is 5.79. The first-order valence-corrected chi connectivity index (χ1v) is 10.7. The Morgan fingerprint density at radius 2 is 1.65 bits per heavy atom. The first-order chi connectivity index (χ1) is 12.2. The van der Waals surface area contributed by atoms with Crippen LogP contribution in [0.2, 0.25) is 0 Å². The van der Waals surface area contributed by atoms with Crippen molar-refractivity contribution >= 4 is 5.78 Å². The zero-order valence-corrected chi connectivity index (χ0v) is 16.8. The number of allylic oxidation sites excluding steroid dienone is 1. The van der Waals surface area contributed by atoms with Crippen molar-refractivity contribution in [1.82, 2.24) is 0 Å². The van der Waals surface area contributed by atoms with Gasteiger partial charge in [-0.3, -0.25) is 4.79 Å². The van der Waals surface area contributed by atoms with E-state index in [-0.39, 0.29) is 23.0 Å². The van der Waals surface area contributed by atoms with Gasteiger partial charge in [0.1, 0.15) is 5.78 Å². The monoisotopic (exact) mass is 358 g/mol. The van der Waals surface area contributed by atoms with Crippen LogP contribution < -0.4 is 0 Å². The predicted octanol–water partition coefficient (Wildman–Crippen LogP) is 4.89. The third-order valence-corrected chi connectivity index (χ3v) is 9.31. The van der Waals surface area contributed by atoms with Crippen LogP contribution >= 0.6 is 0 Å². The predicted molar refractivity (Wildman–Crippen MR) is 100 cm³/mol. The average molecular weight is 359 g/mol. The summed E-state index contributed by atoms with van der Waals surface area (Å²) in [5.41, 5.74) is 1.95. The van der Waals surface area contributed by atoms with Crippen molar-refractivity contribution in [2.45, 2.75) is 90.6 Å². The Labute approximate surface area is 157 Å². The maximum absolute atomic E-state index is 12.3. The molecule has 0 radical (unpaired) electrons. The fraction of sp³-hybridized carbons (Fsp3) is 0.870. The number of hydrogen-bond acceptors (Lipinski definition) is 3. The van der Waals surface area contributed by atoms with Gasteiger partial charge in [0.05, 0.1) is 12.2 Å². The van der Waals surface area contributed by atoms with Crippen molar-refractivity contribution in [3.63, 3.8) is 0 Å². The van der Waals surface area contributed by atoms with Crippen LogP contribution in [0, 0.1) is 34.5 Å². The van der Waals surface area contributed by atoms with E-state index in [0.29, 0.717) is 35.9 Å². The van der Waals surface area contributed by atoms with Crippen molar-refractivity contribution < 1.29 is 14.3 Å². The number of Topliss-reactive ketones (excluding diaryl/α,β-unsaturated/α-hetero) is 1. The Balaban J connectivity index is 1.61. The maximum atomic E-state index is 12.3. The molecule has 3 heteroatoms. The minimum atomic E-state index is -0.533. The Hall–Kier alpha value is -0.670. The van der Waals surface area contributed by atoms with Gasteiger partial charge >= 0.3 is 0 Å². The molecule has 0 spiro atoms. The van der Waals surface area contributed by atoms with Crippen LogP contribution in [0.15, 0.2) is 12.2 Å². The summed E-state index contributed by atoms with van der Waals surface area (Å²) in [5.74, 6) is 2.08. The van der Waals surface area contributed by atoms with Crippen LogP contribution in [0.3, 0.4) is 0 Å². The Kier molecular flexibility index (Phi) is 3.50. The van der Waals surface area contributed by atoms with Crippen LogP contribution in [-0.4, -0.2) is 23.8 Å². The molecule has 4 aliphatic carbocycles. The van der Waals surface area contributed by atoms with Crippen LogP contribution in [0.1, 0.15) is 72.6 Å². The second-order valence-electron chi connectivity index (χ2n) is 10.8. The van der Waals surface area contributed by atoms with Gasteiger partial charge in [-0.25, -0.2) is 0 Å². The fourth-order valence-corrected chi connectivity index (χ4v) is 7.88. The molecule has 26 heavy (non-hydrogen) atoms. The normalized spacial score (nSPS) is 55.1. The van der Waals surface area contributed by atoms with Crippen molar-refractivity contribution in [2.24, 2.45) is 34.5 Å². The maximum Gasteiger partial charge on any atom is 0.163 e. The van der Waals surface area contributed by atoms with Gasteiger partial charge in [0.15, 0.2) is 5.79 Å². The number of carbonyl (C=O) groups excluding carboxylic acids is 1. The molecule has 0 N–H and O–H groups in total. The van der Waals surface area contributed by atoms with E-state index in [1.807, 2.05) is 0 Å². The van der Waals surface area contributed by atoms with E-state index in [0.717, 1.165) is 12.8 Å². The van der Waals surface area contributed by atoms with Crippen molar-refractivity contribution in [3.8, 4) is 0 Å². The highest BCUT2D eigenvalue weighted by atomic mass is 16.8. The minimum absolute atomic E-state index is 0.0803. The molecule has 1 saturated heterocycles. The average Bonchev–Trinajstić information content (AvgIpc) is 3.05. The third kappa shape index (κ3) is 2.11. The van der Waals surface area contributed by atoms with Gasteiger partial charge in [-0.1, -0.05) is 26.0 Å². The lowest BCUT2D eigenvalue weighted by molar-refractivity contribution is -0.175. The molecule has 8 atom stereocenters. The molecule has 0 aromatic heterocycles. The highest BCUT2D eigenvalue weighted by Gasteiger charge is 2.67. The van der Waals surface area contributed by atoms with E-state index in [1.54, 1.807) is 0 Å². The molecule has 0 aromatic rings. The van der Waals surface area contributed by atoms with E-state index >= 15 is 0 Å². The first-order valence-electron chi connectivity index (χ1n) is 10.7. The third-order valence-electron chi connectivity index (χ3n) is 9.31. The molecule has 1 heterocycles. The molecule has 3 nitrogen and oxygen atoms in total. The number of ether oxygens (including phenoxy) is 2. The summed E-state index contributed by atoms with van der Waals surface area (Å²) >= 11 is 0. The van der Waals surface area contributed by atoms with Gasteiger partial charge in [-0.2, -0.15) is 0 Å². The van der Waals surface area contributed by atoms with Crippen LogP contribution in [0.25, 0.3) is 0 Å². The fourth-order valence-electron chi connectivity index (χ4n) is 7.88. The summed E-state index contributed by atoms with van der Waals surface area (Å²) in [7, 11) is 0. The summed E-state index contributed by atoms with van der Waals surface area (Å²) in [4.78, 5) is 12.3. The summed E-state index contributed by atoms with van der Waals surface area (Å²) in [6.07, 6.45) is 7.65. The van der Waals surface area contributed by atoms with Crippen LogP contribution in [-0.2, 0) is 14.3 Å². The molecular weight excluding hydrogens is 324 g/mol. The summed E-state index contributed by atoms with van der Waals surface area (Å²) < 4.78 is 13.1. The van der Waals surface area contributed by atoms with Crippen molar-refractivity contribution in [2.75, 3.05) is 0 Å². The SMILES string of the molecule is C=C1CC[C@H]2[C@@H]3[C@H]4OC(C)(C)O[C@@H]4[C@H]4CC(=O)CC[C@]4(C)[C@H]3CC[C@]12C. The van der Waals surface area contributed by atoms with E-state index < -0.39 is 5.79 Å². The topological polar surface area (TPSA) is 35.5 Å². The number of carbonyl (C=O) groups is 1.